The fourth-order valence-electron chi connectivity index (χ4n) is 0.0764. The highest BCUT2D eigenvalue weighted by Crippen LogP contribution is 1.83. The molecule has 0 heterocycles. The van der Waals surface area contributed by atoms with E-state index in [2.05, 4.69) is 14.4 Å². The first kappa shape index (κ1) is 8.27. The van der Waals surface area contributed by atoms with E-state index in [0.717, 1.165) is 6.26 Å². The van der Waals surface area contributed by atoms with Gasteiger partial charge in [-0.25, -0.2) is 4.21 Å². The normalized spacial score (nSPS) is 12.6. The Hall–Kier alpha value is -0.730. The number of rotatable bonds is 4. The van der Waals surface area contributed by atoms with Gasteiger partial charge >= 0.3 is 5.09 Å². The highest BCUT2D eigenvalue weighted by molar-refractivity contribution is 7.79. The lowest BCUT2D eigenvalue weighted by molar-refractivity contribution is -0.882. The van der Waals surface area contributed by atoms with Gasteiger partial charge in [0.2, 0.25) is 0 Å². The second-order valence-corrected chi connectivity index (χ2v) is 1.77. The molecule has 0 aromatic heterocycles. The van der Waals surface area contributed by atoms with Crippen molar-refractivity contribution in [3.8, 4) is 0 Å². The fraction of sp³-hybridized carbons (Fsp3) is 1.00. The molecule has 0 aromatic rings. The molecule has 8 heteroatoms. The zero-order chi connectivity index (χ0) is 7.28. The van der Waals surface area contributed by atoms with Gasteiger partial charge in [0.25, 0.3) is 0 Å². The van der Waals surface area contributed by atoms with Crippen LogP contribution in [0.5, 0.6) is 0 Å². The minimum absolute atomic E-state index is 1.11. The first-order chi connectivity index (χ1) is 4.13. The Morgan fingerprint density at radius 2 is 2.22 bits per heavy atom. The highest BCUT2D eigenvalue weighted by atomic mass is 32.2. The molecule has 9 heavy (non-hydrogen) atoms. The van der Waals surface area contributed by atoms with Gasteiger partial charge in [0.15, 0.2) is 11.1 Å². The average Bonchev–Trinajstić information content (AvgIpc) is 1.63. The third-order valence-electron chi connectivity index (χ3n) is 0.215. The lowest BCUT2D eigenvalue weighted by atomic mass is 12.0. The summed E-state index contributed by atoms with van der Waals surface area (Å²) in [5.74, 6) is 0. The van der Waals surface area contributed by atoms with Crippen molar-refractivity contribution in [3.63, 3.8) is 0 Å². The summed E-state index contributed by atoms with van der Waals surface area (Å²) in [5, 5.41) is 11.4. The number of hydrogen-bond donors (Lipinski definition) is 0. The van der Waals surface area contributed by atoms with Crippen LogP contribution in [0.15, 0.2) is 0 Å². The van der Waals surface area contributed by atoms with Crippen LogP contribution in [0.4, 0.5) is 0 Å². The third-order valence-corrected chi connectivity index (χ3v) is 0.462. The SMILES string of the molecule is CS(=O)OOO[N+](=O)[O-]. The standard InChI is InChI=1S/CH3NO6S/c1-9(5)8-7-6-2(3)4/h1H3. The Balaban J connectivity index is 3.10. The Morgan fingerprint density at radius 1 is 1.67 bits per heavy atom. The molecule has 0 N–H and O–H groups in total. The van der Waals surface area contributed by atoms with Crippen molar-refractivity contribution >= 4 is 11.1 Å². The van der Waals surface area contributed by atoms with E-state index >= 15 is 0 Å². The Bertz CT molecular complexity index is 108. The van der Waals surface area contributed by atoms with Crippen LogP contribution in [0.3, 0.4) is 0 Å². The Morgan fingerprint density at radius 3 is 2.56 bits per heavy atom. The van der Waals surface area contributed by atoms with Crippen molar-refractivity contribution in [1.29, 1.82) is 0 Å². The summed E-state index contributed by atoms with van der Waals surface area (Å²) < 4.78 is 13.5. The minimum atomic E-state index is -1.73. The van der Waals surface area contributed by atoms with Gasteiger partial charge in [0.1, 0.15) is 0 Å². The monoisotopic (exact) mass is 157 g/mol. The van der Waals surface area contributed by atoms with Gasteiger partial charge in [-0.05, 0) is 5.04 Å². The molecular formula is CH3NO6S. The van der Waals surface area contributed by atoms with Crippen molar-refractivity contribution < 1.29 is 23.7 Å². The van der Waals surface area contributed by atoms with Crippen LogP contribution >= 0.6 is 0 Å². The Kier molecular flexibility index (Phi) is 3.84. The van der Waals surface area contributed by atoms with Crippen molar-refractivity contribution in [2.75, 3.05) is 6.26 Å². The van der Waals surface area contributed by atoms with Gasteiger partial charge < -0.3 is 0 Å². The maximum absolute atomic E-state index is 9.89. The molecule has 0 fully saturated rings. The molecule has 1 atom stereocenters. The van der Waals surface area contributed by atoms with Gasteiger partial charge in [-0.2, -0.15) is 0 Å². The molecule has 0 spiro atoms. The Labute approximate surface area is 52.1 Å². The summed E-state index contributed by atoms with van der Waals surface area (Å²) in [6, 6.07) is 0. The summed E-state index contributed by atoms with van der Waals surface area (Å²) in [6.45, 7) is 0. The zero-order valence-electron chi connectivity index (χ0n) is 4.30. The average molecular weight is 157 g/mol. The van der Waals surface area contributed by atoms with Crippen LogP contribution in [0.1, 0.15) is 0 Å². The molecule has 0 saturated carbocycles. The van der Waals surface area contributed by atoms with Crippen molar-refractivity contribution in [2.45, 2.75) is 0 Å². The third kappa shape index (κ3) is 7.27. The maximum atomic E-state index is 9.89. The summed E-state index contributed by atoms with van der Waals surface area (Å²) >= 11 is -1.73. The largest absolute Gasteiger partial charge is 0.324 e. The molecule has 0 saturated heterocycles. The molecule has 0 aromatic carbocycles. The first-order valence-corrected chi connectivity index (χ1v) is 3.11. The van der Waals surface area contributed by atoms with Crippen LogP contribution in [0.25, 0.3) is 0 Å². The van der Waals surface area contributed by atoms with Crippen LogP contribution in [0, 0.1) is 10.1 Å². The molecule has 0 radical (unpaired) electrons. The molecule has 0 bridgehead atoms. The van der Waals surface area contributed by atoms with Crippen LogP contribution < -0.4 is 0 Å². The topological polar surface area (TPSA) is 87.9 Å². The molecule has 0 rings (SSSR count). The maximum Gasteiger partial charge on any atom is 0.324 e. The van der Waals surface area contributed by atoms with E-state index in [-0.39, 0.29) is 0 Å². The van der Waals surface area contributed by atoms with Gasteiger partial charge in [0.05, 0.1) is 0 Å². The molecule has 0 amide bonds. The molecule has 0 aliphatic heterocycles. The predicted octanol–water partition coefficient (Wildman–Crippen LogP) is -0.649. The van der Waals surface area contributed by atoms with E-state index in [1.165, 1.54) is 0 Å². The van der Waals surface area contributed by atoms with Crippen molar-refractivity contribution in [2.24, 2.45) is 0 Å². The van der Waals surface area contributed by atoms with E-state index in [9.17, 15) is 14.3 Å². The van der Waals surface area contributed by atoms with Gasteiger partial charge in [0, 0.05) is 6.26 Å². The first-order valence-electron chi connectivity index (χ1n) is 1.62. The molecule has 0 aliphatic carbocycles. The van der Waals surface area contributed by atoms with Crippen molar-refractivity contribution in [1.82, 2.24) is 0 Å². The van der Waals surface area contributed by atoms with Gasteiger partial charge in [-0.15, -0.1) is 19.4 Å². The van der Waals surface area contributed by atoms with Crippen LogP contribution in [-0.4, -0.2) is 15.6 Å². The fourth-order valence-corrected chi connectivity index (χ4v) is 0.179. The minimum Gasteiger partial charge on any atom is -0.227 e. The molecule has 1 unspecified atom stereocenters. The lowest BCUT2D eigenvalue weighted by Gasteiger charge is -1.91. The smallest absolute Gasteiger partial charge is 0.227 e. The highest BCUT2D eigenvalue weighted by Gasteiger charge is 1.96. The van der Waals surface area contributed by atoms with E-state index in [0.29, 0.717) is 0 Å². The molecular weight excluding hydrogens is 154 g/mol. The van der Waals surface area contributed by atoms with Crippen LogP contribution in [-0.2, 0) is 25.4 Å². The van der Waals surface area contributed by atoms with Gasteiger partial charge in [-0.3, -0.25) is 0 Å². The van der Waals surface area contributed by atoms with Crippen LogP contribution in [0.2, 0.25) is 0 Å². The summed E-state index contributed by atoms with van der Waals surface area (Å²) in [5.41, 5.74) is 0. The van der Waals surface area contributed by atoms with E-state index < -0.39 is 16.2 Å². The zero-order valence-corrected chi connectivity index (χ0v) is 5.12. The molecule has 7 nitrogen and oxygen atoms in total. The quantitative estimate of drug-likeness (QED) is 0.306. The van der Waals surface area contributed by atoms with E-state index in [1.807, 2.05) is 0 Å². The lowest BCUT2D eigenvalue weighted by Crippen LogP contribution is -2.03. The predicted molar refractivity (Wildman–Crippen MR) is 24.3 cm³/mol. The van der Waals surface area contributed by atoms with E-state index in [1.54, 1.807) is 0 Å². The second-order valence-electron chi connectivity index (χ2n) is 0.836. The summed E-state index contributed by atoms with van der Waals surface area (Å²) in [4.78, 5) is 12.4. The molecule has 54 valence electrons. The second kappa shape index (κ2) is 4.18. The summed E-state index contributed by atoms with van der Waals surface area (Å²) in [7, 11) is 0. The number of hydrogen-bond acceptors (Lipinski definition) is 6. The van der Waals surface area contributed by atoms with E-state index in [4.69, 9.17) is 0 Å². The summed E-state index contributed by atoms with van der Waals surface area (Å²) in [6.07, 6.45) is 1.11. The van der Waals surface area contributed by atoms with Crippen molar-refractivity contribution in [3.05, 3.63) is 10.1 Å². The number of nitrogens with zero attached hydrogens (tertiary/aromatic N) is 1. The van der Waals surface area contributed by atoms with Gasteiger partial charge in [-0.1, -0.05) is 0 Å². The molecule has 0 aliphatic rings.